The smallest absolute Gasteiger partial charge is 0.411 e. The number of aliphatic carboxylic acids is 1. The molecule has 34 heavy (non-hydrogen) atoms. The number of rotatable bonds is 5. The second-order valence-corrected chi connectivity index (χ2v) is 9.11. The number of anilines is 1. The van der Waals surface area contributed by atoms with Crippen LogP contribution in [0.15, 0.2) is 54.7 Å². The number of carboxylic acids is 1. The zero-order chi connectivity index (χ0) is 23.8. The number of nitrogens with one attached hydrogen (secondary N) is 1. The molecule has 10 heteroatoms. The van der Waals surface area contributed by atoms with E-state index in [0.717, 1.165) is 22.3 Å². The van der Waals surface area contributed by atoms with E-state index in [2.05, 4.69) is 22.5 Å². The van der Waals surface area contributed by atoms with Gasteiger partial charge in [0.15, 0.2) is 0 Å². The Labute approximate surface area is 199 Å². The zero-order valence-corrected chi connectivity index (χ0v) is 19.1. The van der Waals surface area contributed by atoms with Crippen LogP contribution in [0, 0.1) is 0 Å². The molecule has 2 amide bonds. The first-order valence-corrected chi connectivity index (χ1v) is 11.9. The van der Waals surface area contributed by atoms with Crippen LogP contribution >= 0.6 is 11.8 Å². The number of amides is 2. The van der Waals surface area contributed by atoms with Gasteiger partial charge in [-0.2, -0.15) is 5.10 Å². The van der Waals surface area contributed by atoms with Gasteiger partial charge in [0.1, 0.15) is 18.3 Å². The summed E-state index contributed by atoms with van der Waals surface area (Å²) in [6.07, 6.45) is 0.641. The highest BCUT2D eigenvalue weighted by Gasteiger charge is 2.37. The van der Waals surface area contributed by atoms with Crippen LogP contribution in [0.1, 0.15) is 27.5 Å². The number of hydrogen-bond donors (Lipinski definition) is 2. The van der Waals surface area contributed by atoms with Gasteiger partial charge in [0.25, 0.3) is 5.91 Å². The van der Waals surface area contributed by atoms with E-state index >= 15 is 0 Å². The first kappa shape index (κ1) is 22.0. The second kappa shape index (κ2) is 8.86. The molecular formula is C24H22N4O5S. The number of carbonyl (C=O) groups excluding carboxylic acids is 2. The fourth-order valence-electron chi connectivity index (χ4n) is 4.51. The molecule has 0 bridgehead atoms. The molecule has 2 N–H and O–H groups in total. The van der Waals surface area contributed by atoms with E-state index in [-0.39, 0.29) is 29.8 Å². The third-order valence-electron chi connectivity index (χ3n) is 6.15. The van der Waals surface area contributed by atoms with Gasteiger partial charge in [0.05, 0.1) is 17.8 Å². The predicted molar refractivity (Wildman–Crippen MR) is 127 cm³/mol. The lowest BCUT2D eigenvalue weighted by Crippen LogP contribution is -2.42. The fourth-order valence-corrected chi connectivity index (χ4v) is 5.66. The standard InChI is InChI=1S/C24H22N4O5S/c1-27-21(22(29)28-13-34-12-20(28)23(30)31)19(10-25-27)26-24(32)33-11-18-16-8-4-2-6-14(16)15-7-3-5-9-17(15)18/h2-10,18,20H,11-13H2,1H3,(H,26,32)(H,30,31). The van der Waals surface area contributed by atoms with E-state index in [9.17, 15) is 19.5 Å². The number of aryl methyl sites for hydroxylation is 1. The summed E-state index contributed by atoms with van der Waals surface area (Å²) < 4.78 is 6.88. The van der Waals surface area contributed by atoms with E-state index in [0.29, 0.717) is 5.75 Å². The zero-order valence-electron chi connectivity index (χ0n) is 18.3. The highest BCUT2D eigenvalue weighted by molar-refractivity contribution is 7.99. The van der Waals surface area contributed by atoms with Gasteiger partial charge < -0.3 is 14.7 Å². The predicted octanol–water partition coefficient (Wildman–Crippen LogP) is 3.38. The van der Waals surface area contributed by atoms with E-state index < -0.39 is 24.0 Å². The summed E-state index contributed by atoms with van der Waals surface area (Å²) in [5.74, 6) is -1.09. The van der Waals surface area contributed by atoms with E-state index in [1.54, 1.807) is 7.05 Å². The first-order valence-electron chi connectivity index (χ1n) is 10.7. The van der Waals surface area contributed by atoms with Gasteiger partial charge in [-0.1, -0.05) is 48.5 Å². The van der Waals surface area contributed by atoms with Crippen LogP contribution in [0.3, 0.4) is 0 Å². The molecule has 5 rings (SSSR count). The van der Waals surface area contributed by atoms with Gasteiger partial charge in [-0.25, -0.2) is 9.59 Å². The van der Waals surface area contributed by atoms with Crippen molar-refractivity contribution in [1.29, 1.82) is 0 Å². The third kappa shape index (κ3) is 3.79. The molecule has 1 aliphatic carbocycles. The van der Waals surface area contributed by atoms with Gasteiger partial charge in [0.2, 0.25) is 0 Å². The van der Waals surface area contributed by atoms with Crippen molar-refractivity contribution in [3.63, 3.8) is 0 Å². The number of ether oxygens (including phenoxy) is 1. The Bertz CT molecular complexity index is 1240. The van der Waals surface area contributed by atoms with Gasteiger partial charge in [-0.05, 0) is 22.3 Å². The fraction of sp³-hybridized carbons (Fsp3) is 0.250. The maximum Gasteiger partial charge on any atom is 0.411 e. The molecule has 2 aromatic carbocycles. The van der Waals surface area contributed by atoms with Crippen molar-refractivity contribution in [1.82, 2.24) is 14.7 Å². The summed E-state index contributed by atoms with van der Waals surface area (Å²) in [5, 5.41) is 16.1. The number of aromatic nitrogens is 2. The second-order valence-electron chi connectivity index (χ2n) is 8.11. The Kier molecular flexibility index (Phi) is 5.74. The SMILES string of the molecule is Cn1ncc(NC(=O)OCC2c3ccccc3-c3ccccc32)c1C(=O)N1CSCC1C(=O)O. The summed E-state index contributed by atoms with van der Waals surface area (Å²) in [7, 11) is 1.56. The van der Waals surface area contributed by atoms with Crippen LogP contribution in [-0.2, 0) is 16.6 Å². The summed E-state index contributed by atoms with van der Waals surface area (Å²) in [6.45, 7) is 0.132. The number of hydrogen-bond acceptors (Lipinski definition) is 6. The number of carbonyl (C=O) groups is 3. The molecule has 1 atom stereocenters. The molecular weight excluding hydrogens is 456 g/mol. The summed E-state index contributed by atoms with van der Waals surface area (Å²) in [5.41, 5.74) is 4.72. The molecule has 0 radical (unpaired) electrons. The Morgan fingerprint density at radius 1 is 1.12 bits per heavy atom. The highest BCUT2D eigenvalue weighted by atomic mass is 32.2. The Morgan fingerprint density at radius 3 is 2.41 bits per heavy atom. The monoisotopic (exact) mass is 478 g/mol. The van der Waals surface area contributed by atoms with Crippen molar-refractivity contribution in [3.8, 4) is 11.1 Å². The van der Waals surface area contributed by atoms with Crippen LogP contribution in [0.2, 0.25) is 0 Å². The summed E-state index contributed by atoms with van der Waals surface area (Å²) in [6, 6.07) is 15.2. The number of nitrogens with zero attached hydrogens (tertiary/aromatic N) is 3. The quantitative estimate of drug-likeness (QED) is 0.578. The third-order valence-corrected chi connectivity index (χ3v) is 7.16. The maximum atomic E-state index is 13.1. The Hall–Kier alpha value is -3.79. The molecule has 174 valence electrons. The molecule has 0 spiro atoms. The van der Waals surface area contributed by atoms with Gasteiger partial charge >= 0.3 is 12.1 Å². The molecule has 0 saturated carbocycles. The van der Waals surface area contributed by atoms with E-state index in [1.165, 1.54) is 27.5 Å². The van der Waals surface area contributed by atoms with Crippen LogP contribution in [0.5, 0.6) is 0 Å². The molecule has 1 aliphatic heterocycles. The van der Waals surface area contributed by atoms with Crippen LogP contribution in [0.25, 0.3) is 11.1 Å². The summed E-state index contributed by atoms with van der Waals surface area (Å²) >= 11 is 1.36. The number of thioether (sulfide) groups is 1. The molecule has 1 fully saturated rings. The molecule has 3 aromatic rings. The van der Waals surface area contributed by atoms with Crippen LogP contribution in [-0.4, -0.2) is 62.0 Å². The minimum Gasteiger partial charge on any atom is -0.480 e. The van der Waals surface area contributed by atoms with Crippen LogP contribution in [0.4, 0.5) is 10.5 Å². The maximum absolute atomic E-state index is 13.1. The minimum absolute atomic E-state index is 0.0916. The lowest BCUT2D eigenvalue weighted by atomic mass is 9.98. The highest BCUT2D eigenvalue weighted by Crippen LogP contribution is 2.44. The van der Waals surface area contributed by atoms with Crippen molar-refractivity contribution in [2.45, 2.75) is 12.0 Å². The topological polar surface area (TPSA) is 114 Å². The molecule has 2 aliphatic rings. The normalized spacial score (nSPS) is 16.7. The lowest BCUT2D eigenvalue weighted by Gasteiger charge is -2.21. The van der Waals surface area contributed by atoms with Gasteiger partial charge in [-0.15, -0.1) is 11.8 Å². The van der Waals surface area contributed by atoms with E-state index in [1.807, 2.05) is 36.4 Å². The molecule has 1 saturated heterocycles. The first-order chi connectivity index (χ1) is 16.5. The van der Waals surface area contributed by atoms with Crippen molar-refractivity contribution in [2.75, 3.05) is 23.6 Å². The molecule has 9 nitrogen and oxygen atoms in total. The largest absolute Gasteiger partial charge is 0.480 e. The average molecular weight is 479 g/mol. The van der Waals surface area contributed by atoms with Crippen molar-refractivity contribution >= 4 is 35.4 Å². The lowest BCUT2D eigenvalue weighted by molar-refractivity contribution is -0.140. The Morgan fingerprint density at radius 2 is 1.76 bits per heavy atom. The summed E-state index contributed by atoms with van der Waals surface area (Å²) in [4.78, 5) is 38.5. The van der Waals surface area contributed by atoms with Crippen LogP contribution < -0.4 is 5.32 Å². The number of carboxylic acid groups (broad SMARTS) is 1. The molecule has 1 aromatic heterocycles. The number of fused-ring (bicyclic) bond motifs is 3. The molecule has 1 unspecified atom stereocenters. The van der Waals surface area contributed by atoms with Gasteiger partial charge in [0, 0.05) is 18.7 Å². The van der Waals surface area contributed by atoms with Gasteiger partial charge in [-0.3, -0.25) is 14.8 Å². The average Bonchev–Trinajstić information content (AvgIpc) is 3.54. The number of benzene rings is 2. The van der Waals surface area contributed by atoms with Crippen molar-refractivity contribution in [3.05, 3.63) is 71.5 Å². The Balaban J connectivity index is 1.30. The van der Waals surface area contributed by atoms with Crippen molar-refractivity contribution in [2.24, 2.45) is 7.05 Å². The minimum atomic E-state index is -1.06. The van der Waals surface area contributed by atoms with Crippen molar-refractivity contribution < 1.29 is 24.2 Å². The molecule has 2 heterocycles. The van der Waals surface area contributed by atoms with E-state index in [4.69, 9.17) is 4.74 Å².